The zero-order chi connectivity index (χ0) is 23.9. The minimum Gasteiger partial charge on any atom is -0.497 e. The minimum atomic E-state index is -0.150. The van der Waals surface area contributed by atoms with Gasteiger partial charge in [0.2, 0.25) is 5.91 Å². The summed E-state index contributed by atoms with van der Waals surface area (Å²) >= 11 is 1.30. The predicted molar refractivity (Wildman–Crippen MR) is 135 cm³/mol. The number of carbonyl (C=O) groups is 2. The first-order valence-corrected chi connectivity index (χ1v) is 12.0. The molecule has 2 heterocycles. The Balaban J connectivity index is 1.28. The van der Waals surface area contributed by atoms with Crippen molar-refractivity contribution in [2.75, 3.05) is 54.2 Å². The van der Waals surface area contributed by atoms with Crippen LogP contribution >= 0.6 is 11.8 Å². The fourth-order valence-electron chi connectivity index (χ4n) is 3.68. The lowest BCUT2D eigenvalue weighted by Gasteiger charge is -2.36. The molecule has 0 spiro atoms. The van der Waals surface area contributed by atoms with Gasteiger partial charge in [-0.3, -0.25) is 9.59 Å². The van der Waals surface area contributed by atoms with Crippen molar-refractivity contribution in [2.24, 2.45) is 0 Å². The van der Waals surface area contributed by atoms with Crippen molar-refractivity contribution in [1.29, 1.82) is 0 Å². The van der Waals surface area contributed by atoms with E-state index in [0.717, 1.165) is 37.7 Å². The van der Waals surface area contributed by atoms with Crippen molar-refractivity contribution < 1.29 is 14.3 Å². The van der Waals surface area contributed by atoms with Gasteiger partial charge in [-0.2, -0.15) is 0 Å². The average molecular weight is 478 g/mol. The number of nitrogens with zero attached hydrogens (tertiary/aromatic N) is 4. The summed E-state index contributed by atoms with van der Waals surface area (Å²) in [6.45, 7) is 5.00. The Morgan fingerprint density at radius 2 is 1.65 bits per heavy atom. The molecule has 0 saturated carbocycles. The Kier molecular flexibility index (Phi) is 7.64. The van der Waals surface area contributed by atoms with Crippen molar-refractivity contribution >= 4 is 40.6 Å². The van der Waals surface area contributed by atoms with E-state index in [1.54, 1.807) is 37.6 Å². The highest BCUT2D eigenvalue weighted by Gasteiger charge is 2.19. The predicted octanol–water partition coefficient (Wildman–Crippen LogP) is 3.75. The van der Waals surface area contributed by atoms with E-state index in [1.165, 1.54) is 24.4 Å². The zero-order valence-corrected chi connectivity index (χ0v) is 20.0. The van der Waals surface area contributed by atoms with Gasteiger partial charge in [0.25, 0.3) is 0 Å². The van der Waals surface area contributed by atoms with Gasteiger partial charge in [0.1, 0.15) is 11.6 Å². The molecule has 176 valence electrons. The molecule has 0 radical (unpaired) electrons. The second-order valence-corrected chi connectivity index (χ2v) is 8.78. The molecule has 0 aliphatic carbocycles. The molecule has 2 aromatic carbocycles. The number of hydrogen-bond acceptors (Lipinski definition) is 8. The summed E-state index contributed by atoms with van der Waals surface area (Å²) < 4.78 is 5.24. The van der Waals surface area contributed by atoms with Crippen molar-refractivity contribution in [3.63, 3.8) is 0 Å². The average Bonchev–Trinajstić information content (AvgIpc) is 2.88. The van der Waals surface area contributed by atoms with Crippen LogP contribution in [0.15, 0.2) is 66.0 Å². The van der Waals surface area contributed by atoms with E-state index in [1.807, 2.05) is 18.2 Å². The molecule has 0 unspecified atom stereocenters. The molecule has 0 atom stereocenters. The van der Waals surface area contributed by atoms with Gasteiger partial charge >= 0.3 is 0 Å². The molecular formula is C25H27N5O3S. The second-order valence-electron chi connectivity index (χ2n) is 7.84. The molecule has 1 N–H and O–H groups in total. The first kappa shape index (κ1) is 23.6. The maximum Gasteiger partial charge on any atom is 0.234 e. The number of methoxy groups -OCH3 is 1. The van der Waals surface area contributed by atoms with Crippen molar-refractivity contribution in [2.45, 2.75) is 12.1 Å². The van der Waals surface area contributed by atoms with Crippen LogP contribution in [0.25, 0.3) is 0 Å². The van der Waals surface area contributed by atoms with Crippen LogP contribution < -0.4 is 19.9 Å². The van der Waals surface area contributed by atoms with Gasteiger partial charge in [-0.05, 0) is 61.5 Å². The number of aromatic nitrogens is 2. The number of benzene rings is 2. The summed E-state index contributed by atoms with van der Waals surface area (Å²) in [5.74, 6) is 1.76. The normalized spacial score (nSPS) is 13.5. The van der Waals surface area contributed by atoms with E-state index in [0.29, 0.717) is 16.4 Å². The number of Topliss-reactive ketones (excluding diaryl/α,β-unsaturated/α-hetero) is 1. The number of hydrogen-bond donors (Lipinski definition) is 1. The van der Waals surface area contributed by atoms with Crippen LogP contribution in [0.5, 0.6) is 5.75 Å². The summed E-state index contributed by atoms with van der Waals surface area (Å²) in [6.07, 6.45) is 1.74. The third kappa shape index (κ3) is 6.05. The number of piperazine rings is 1. The molecule has 1 fully saturated rings. The van der Waals surface area contributed by atoms with Gasteiger partial charge in [0.15, 0.2) is 10.9 Å². The molecule has 1 aromatic heterocycles. The number of nitrogens with one attached hydrogen (secondary N) is 1. The number of rotatable bonds is 8. The molecular weight excluding hydrogens is 450 g/mol. The Morgan fingerprint density at radius 3 is 2.29 bits per heavy atom. The van der Waals surface area contributed by atoms with Gasteiger partial charge in [-0.1, -0.05) is 11.8 Å². The molecule has 1 aliphatic heterocycles. The third-order valence-electron chi connectivity index (χ3n) is 5.57. The lowest BCUT2D eigenvalue weighted by molar-refractivity contribution is -0.113. The highest BCUT2D eigenvalue weighted by molar-refractivity contribution is 7.99. The van der Waals surface area contributed by atoms with Gasteiger partial charge in [-0.15, -0.1) is 0 Å². The first-order valence-electron chi connectivity index (χ1n) is 11.0. The Hall–Kier alpha value is -3.59. The summed E-state index contributed by atoms with van der Waals surface area (Å²) in [4.78, 5) is 37.2. The van der Waals surface area contributed by atoms with Crippen LogP contribution in [0, 0.1) is 0 Å². The van der Waals surface area contributed by atoms with Crippen molar-refractivity contribution in [1.82, 2.24) is 9.97 Å². The number of amides is 1. The minimum absolute atomic E-state index is 0.00684. The van der Waals surface area contributed by atoms with Crippen LogP contribution in [-0.4, -0.2) is 60.7 Å². The molecule has 1 amide bonds. The summed E-state index contributed by atoms with van der Waals surface area (Å²) in [7, 11) is 1.67. The standard InChI is InChI=1S/C25H27N5O3S/c1-18(31)19-3-5-20(6-4-19)27-24(32)17-34-25-26-12-11-23(28-25)30-15-13-29(14-16-30)21-7-9-22(33-2)10-8-21/h3-12H,13-17H2,1-2H3,(H,27,32). The topological polar surface area (TPSA) is 87.7 Å². The van der Waals surface area contributed by atoms with E-state index in [9.17, 15) is 9.59 Å². The Morgan fingerprint density at radius 1 is 0.971 bits per heavy atom. The number of ketones is 1. The molecule has 1 aliphatic rings. The molecule has 0 bridgehead atoms. The van der Waals surface area contributed by atoms with Crippen LogP contribution in [0.4, 0.5) is 17.2 Å². The number of ether oxygens (including phenoxy) is 1. The van der Waals surface area contributed by atoms with Crippen molar-refractivity contribution in [3.05, 3.63) is 66.4 Å². The molecule has 1 saturated heterocycles. The van der Waals surface area contributed by atoms with E-state index in [4.69, 9.17) is 4.74 Å². The van der Waals surface area contributed by atoms with Crippen molar-refractivity contribution in [3.8, 4) is 5.75 Å². The monoisotopic (exact) mass is 477 g/mol. The fraction of sp³-hybridized carbons (Fsp3) is 0.280. The third-order valence-corrected chi connectivity index (χ3v) is 6.43. The summed E-state index contributed by atoms with van der Waals surface area (Å²) in [5, 5.41) is 3.40. The lowest BCUT2D eigenvalue weighted by atomic mass is 10.1. The van der Waals surface area contributed by atoms with Crippen LogP contribution in [-0.2, 0) is 4.79 Å². The van der Waals surface area contributed by atoms with E-state index in [-0.39, 0.29) is 17.4 Å². The Bertz CT molecular complexity index is 1130. The van der Waals surface area contributed by atoms with E-state index < -0.39 is 0 Å². The molecule has 8 nitrogen and oxygen atoms in total. The van der Waals surface area contributed by atoms with E-state index in [2.05, 4.69) is 37.2 Å². The van der Waals surface area contributed by atoms with Gasteiger partial charge < -0.3 is 19.9 Å². The Labute approximate surface area is 203 Å². The zero-order valence-electron chi connectivity index (χ0n) is 19.2. The SMILES string of the molecule is COc1ccc(N2CCN(c3ccnc(SCC(=O)Nc4ccc(C(C)=O)cc4)n3)CC2)cc1. The van der Waals surface area contributed by atoms with Crippen LogP contribution in [0.1, 0.15) is 17.3 Å². The summed E-state index contributed by atoms with van der Waals surface area (Å²) in [5.41, 5.74) is 2.45. The fourth-order valence-corrected chi connectivity index (χ4v) is 4.31. The van der Waals surface area contributed by atoms with E-state index >= 15 is 0 Å². The maximum atomic E-state index is 12.3. The number of anilines is 3. The second kappa shape index (κ2) is 11.0. The quantitative estimate of drug-likeness (QED) is 0.298. The van der Waals surface area contributed by atoms with Gasteiger partial charge in [0, 0.05) is 49.3 Å². The summed E-state index contributed by atoms with van der Waals surface area (Å²) in [6, 6.07) is 16.9. The number of carbonyl (C=O) groups excluding carboxylic acids is 2. The maximum absolute atomic E-state index is 12.3. The molecule has 9 heteroatoms. The smallest absolute Gasteiger partial charge is 0.234 e. The molecule has 3 aromatic rings. The largest absolute Gasteiger partial charge is 0.497 e. The highest BCUT2D eigenvalue weighted by atomic mass is 32.2. The lowest BCUT2D eigenvalue weighted by Crippen LogP contribution is -2.46. The molecule has 4 rings (SSSR count). The van der Waals surface area contributed by atoms with Gasteiger partial charge in [0.05, 0.1) is 12.9 Å². The van der Waals surface area contributed by atoms with Gasteiger partial charge in [-0.25, -0.2) is 9.97 Å². The van der Waals surface area contributed by atoms with Crippen LogP contribution in [0.3, 0.4) is 0 Å². The molecule has 34 heavy (non-hydrogen) atoms. The highest BCUT2D eigenvalue weighted by Crippen LogP contribution is 2.23. The van der Waals surface area contributed by atoms with Crippen LogP contribution in [0.2, 0.25) is 0 Å². The first-order chi connectivity index (χ1) is 16.5. The number of thioether (sulfide) groups is 1.